The molecule has 1 heterocycles. The normalized spacial score (nSPS) is 10.5. The number of thiophene rings is 1. The van der Waals surface area contributed by atoms with Crippen LogP contribution >= 0.6 is 11.3 Å². The first-order chi connectivity index (χ1) is 7.27. The molecule has 2 aromatic rings. The molecule has 0 unspecified atom stereocenters. The number of methoxy groups -OCH3 is 1. The molecular weight excluding hydrogens is 210 g/mol. The molecule has 0 saturated heterocycles. The Balaban J connectivity index is 2.69. The quantitative estimate of drug-likeness (QED) is 0.807. The van der Waals surface area contributed by atoms with Crippen molar-refractivity contribution in [1.29, 1.82) is 0 Å². The minimum atomic E-state index is -0.0973. The van der Waals surface area contributed by atoms with Crippen LogP contribution in [0.4, 0.5) is 0 Å². The van der Waals surface area contributed by atoms with E-state index in [-0.39, 0.29) is 12.3 Å². The Morgan fingerprint density at radius 2 is 2.27 bits per heavy atom. The summed E-state index contributed by atoms with van der Waals surface area (Å²) in [5, 5.41) is 2.95. The van der Waals surface area contributed by atoms with Crippen LogP contribution in [0.5, 0.6) is 5.75 Å². The molecular formula is C11H11NO2S. The van der Waals surface area contributed by atoms with Crippen molar-refractivity contribution < 1.29 is 9.53 Å². The Labute approximate surface area is 91.5 Å². The van der Waals surface area contributed by atoms with Crippen molar-refractivity contribution in [2.75, 3.05) is 13.7 Å². The number of fused-ring (bicyclic) bond motifs is 1. The Morgan fingerprint density at radius 3 is 2.93 bits per heavy atom. The van der Waals surface area contributed by atoms with Gasteiger partial charge in [0, 0.05) is 10.1 Å². The second-order valence-electron chi connectivity index (χ2n) is 3.11. The van der Waals surface area contributed by atoms with Crippen molar-refractivity contribution in [3.05, 3.63) is 29.1 Å². The molecule has 1 aromatic heterocycles. The average molecular weight is 221 g/mol. The molecule has 0 aliphatic rings. The summed E-state index contributed by atoms with van der Waals surface area (Å²) in [6.45, 7) is 0.00596. The zero-order valence-electron chi connectivity index (χ0n) is 8.32. The third-order valence-corrected chi connectivity index (χ3v) is 3.16. The van der Waals surface area contributed by atoms with E-state index >= 15 is 0 Å². The SMILES string of the molecule is COc1c(C(=O)CN)ccc2sccc12. The van der Waals surface area contributed by atoms with Crippen molar-refractivity contribution in [3.8, 4) is 5.75 Å². The van der Waals surface area contributed by atoms with Gasteiger partial charge < -0.3 is 10.5 Å². The smallest absolute Gasteiger partial charge is 0.180 e. The first-order valence-corrected chi connectivity index (χ1v) is 5.43. The number of rotatable bonds is 3. The topological polar surface area (TPSA) is 52.3 Å². The van der Waals surface area contributed by atoms with Gasteiger partial charge in [-0.1, -0.05) is 0 Å². The molecule has 0 bridgehead atoms. The zero-order chi connectivity index (χ0) is 10.8. The van der Waals surface area contributed by atoms with Gasteiger partial charge in [0.25, 0.3) is 0 Å². The Kier molecular flexibility index (Phi) is 2.70. The lowest BCUT2D eigenvalue weighted by Gasteiger charge is -2.07. The molecule has 0 aliphatic carbocycles. The molecule has 0 spiro atoms. The molecule has 2 rings (SSSR count). The summed E-state index contributed by atoms with van der Waals surface area (Å²) >= 11 is 1.62. The number of ketones is 1. The number of nitrogens with two attached hydrogens (primary N) is 1. The van der Waals surface area contributed by atoms with Crippen LogP contribution < -0.4 is 10.5 Å². The molecule has 78 valence electrons. The Bertz CT molecular complexity index is 504. The molecule has 0 atom stereocenters. The summed E-state index contributed by atoms with van der Waals surface area (Å²) in [4.78, 5) is 11.6. The van der Waals surface area contributed by atoms with Gasteiger partial charge in [-0.25, -0.2) is 0 Å². The van der Waals surface area contributed by atoms with Gasteiger partial charge in [-0.15, -0.1) is 11.3 Å². The number of benzene rings is 1. The van der Waals surface area contributed by atoms with Crippen LogP contribution in [0.1, 0.15) is 10.4 Å². The summed E-state index contributed by atoms with van der Waals surface area (Å²) in [7, 11) is 1.57. The summed E-state index contributed by atoms with van der Waals surface area (Å²) in [5.74, 6) is 0.532. The highest BCUT2D eigenvalue weighted by molar-refractivity contribution is 7.17. The fourth-order valence-corrected chi connectivity index (χ4v) is 2.35. The van der Waals surface area contributed by atoms with E-state index in [1.54, 1.807) is 24.5 Å². The van der Waals surface area contributed by atoms with Crippen molar-refractivity contribution >= 4 is 27.2 Å². The van der Waals surface area contributed by atoms with Gasteiger partial charge in [0.2, 0.25) is 0 Å². The number of Topliss-reactive ketones (excluding diaryl/α,β-unsaturated/α-hetero) is 1. The number of hydrogen-bond donors (Lipinski definition) is 1. The van der Waals surface area contributed by atoms with Crippen molar-refractivity contribution in [1.82, 2.24) is 0 Å². The van der Waals surface area contributed by atoms with Gasteiger partial charge in [-0.3, -0.25) is 4.79 Å². The van der Waals surface area contributed by atoms with Gasteiger partial charge in [0.1, 0.15) is 5.75 Å². The molecule has 4 heteroatoms. The summed E-state index contributed by atoms with van der Waals surface area (Å²) in [6, 6.07) is 5.64. The number of carbonyl (C=O) groups excluding carboxylic acids is 1. The predicted molar refractivity (Wildman–Crippen MR) is 61.8 cm³/mol. The maximum atomic E-state index is 11.6. The fraction of sp³-hybridized carbons (Fsp3) is 0.182. The molecule has 0 radical (unpaired) electrons. The van der Waals surface area contributed by atoms with Gasteiger partial charge in [-0.05, 0) is 23.6 Å². The molecule has 0 aliphatic heterocycles. The predicted octanol–water partition coefficient (Wildman–Crippen LogP) is 2.05. The monoisotopic (exact) mass is 221 g/mol. The van der Waals surface area contributed by atoms with E-state index in [4.69, 9.17) is 10.5 Å². The van der Waals surface area contributed by atoms with E-state index in [2.05, 4.69) is 0 Å². The van der Waals surface area contributed by atoms with Crippen LogP contribution in [0, 0.1) is 0 Å². The van der Waals surface area contributed by atoms with Crippen molar-refractivity contribution in [2.24, 2.45) is 5.73 Å². The second-order valence-corrected chi connectivity index (χ2v) is 4.05. The molecule has 0 fully saturated rings. The molecule has 15 heavy (non-hydrogen) atoms. The fourth-order valence-electron chi connectivity index (χ4n) is 1.57. The summed E-state index contributed by atoms with van der Waals surface area (Å²) in [5.41, 5.74) is 5.91. The Morgan fingerprint density at radius 1 is 1.47 bits per heavy atom. The number of carbonyl (C=O) groups is 1. The highest BCUT2D eigenvalue weighted by Crippen LogP contribution is 2.33. The van der Waals surface area contributed by atoms with Crippen LogP contribution in [0.2, 0.25) is 0 Å². The van der Waals surface area contributed by atoms with E-state index in [1.165, 1.54) is 0 Å². The van der Waals surface area contributed by atoms with Gasteiger partial charge in [0.15, 0.2) is 5.78 Å². The van der Waals surface area contributed by atoms with Gasteiger partial charge in [0.05, 0.1) is 19.2 Å². The van der Waals surface area contributed by atoms with Crippen molar-refractivity contribution in [2.45, 2.75) is 0 Å². The first kappa shape index (κ1) is 10.1. The van der Waals surface area contributed by atoms with Gasteiger partial charge >= 0.3 is 0 Å². The third-order valence-electron chi connectivity index (χ3n) is 2.28. The third kappa shape index (κ3) is 1.62. The lowest BCUT2D eigenvalue weighted by molar-refractivity contribution is 0.0999. The van der Waals surface area contributed by atoms with E-state index in [0.717, 1.165) is 10.1 Å². The molecule has 2 N–H and O–H groups in total. The standard InChI is InChI=1S/C11H11NO2S/c1-14-11-7(9(13)6-12)2-3-10-8(11)4-5-15-10/h2-5H,6,12H2,1H3. The van der Waals surface area contributed by atoms with Crippen LogP contribution in [0.3, 0.4) is 0 Å². The summed E-state index contributed by atoms with van der Waals surface area (Å²) < 4.78 is 6.38. The largest absolute Gasteiger partial charge is 0.495 e. The van der Waals surface area contributed by atoms with E-state index in [9.17, 15) is 4.79 Å². The van der Waals surface area contributed by atoms with Crippen molar-refractivity contribution in [3.63, 3.8) is 0 Å². The van der Waals surface area contributed by atoms with Crippen LogP contribution in [0.25, 0.3) is 10.1 Å². The van der Waals surface area contributed by atoms with Crippen LogP contribution in [-0.4, -0.2) is 19.4 Å². The number of hydrogen-bond acceptors (Lipinski definition) is 4. The molecule has 1 aromatic carbocycles. The minimum Gasteiger partial charge on any atom is -0.495 e. The van der Waals surface area contributed by atoms with E-state index in [0.29, 0.717) is 11.3 Å². The number of ether oxygens (including phenoxy) is 1. The lowest BCUT2D eigenvalue weighted by Crippen LogP contribution is -2.14. The van der Waals surface area contributed by atoms with E-state index < -0.39 is 0 Å². The first-order valence-electron chi connectivity index (χ1n) is 4.55. The second kappa shape index (κ2) is 4.00. The molecule has 0 saturated carbocycles. The lowest BCUT2D eigenvalue weighted by atomic mass is 10.1. The maximum absolute atomic E-state index is 11.6. The van der Waals surface area contributed by atoms with Crippen LogP contribution in [0.15, 0.2) is 23.6 Å². The molecule has 3 nitrogen and oxygen atoms in total. The average Bonchev–Trinajstić information content (AvgIpc) is 2.74. The minimum absolute atomic E-state index is 0.00596. The molecule has 0 amide bonds. The zero-order valence-corrected chi connectivity index (χ0v) is 9.14. The summed E-state index contributed by atoms with van der Waals surface area (Å²) in [6.07, 6.45) is 0. The van der Waals surface area contributed by atoms with Crippen LogP contribution in [-0.2, 0) is 0 Å². The maximum Gasteiger partial charge on any atom is 0.180 e. The van der Waals surface area contributed by atoms with E-state index in [1.807, 2.05) is 17.5 Å². The van der Waals surface area contributed by atoms with Gasteiger partial charge in [-0.2, -0.15) is 0 Å². The highest BCUT2D eigenvalue weighted by atomic mass is 32.1. The Hall–Kier alpha value is -1.39. The highest BCUT2D eigenvalue weighted by Gasteiger charge is 2.14.